The van der Waals surface area contributed by atoms with Gasteiger partial charge < -0.3 is 5.11 Å². The van der Waals surface area contributed by atoms with Gasteiger partial charge in [0.05, 0.1) is 12.6 Å². The minimum absolute atomic E-state index is 0.0408. The molecule has 0 unspecified atom stereocenters. The van der Waals surface area contributed by atoms with Crippen molar-refractivity contribution in [1.29, 1.82) is 0 Å². The molecule has 70 valence electrons. The maximum absolute atomic E-state index is 10.6. The van der Waals surface area contributed by atoms with Crippen molar-refractivity contribution in [3.63, 3.8) is 0 Å². The Morgan fingerprint density at radius 2 is 2.46 bits per heavy atom. The van der Waals surface area contributed by atoms with Crippen LogP contribution < -0.4 is 5.69 Å². The monoisotopic (exact) mass is 201 g/mol. The van der Waals surface area contributed by atoms with E-state index in [2.05, 4.69) is 15.2 Å². The molecule has 0 saturated carbocycles. The largest absolute Gasteiger partial charge is 0.481 e. The zero-order chi connectivity index (χ0) is 9.68. The van der Waals surface area contributed by atoms with Gasteiger partial charge in [-0.15, -0.1) is 11.8 Å². The number of rotatable bonds is 4. The van der Waals surface area contributed by atoms with Gasteiger partial charge in [-0.25, -0.2) is 9.89 Å². The second-order valence-electron chi connectivity index (χ2n) is 2.12. The van der Waals surface area contributed by atoms with E-state index in [1.807, 2.05) is 0 Å². The Morgan fingerprint density at radius 3 is 3.08 bits per heavy atom. The Bertz CT molecular complexity index is 351. The number of aromatic amines is 1. The van der Waals surface area contributed by atoms with E-state index in [1.54, 1.807) is 0 Å². The first-order valence-corrected chi connectivity index (χ1v) is 4.43. The van der Waals surface area contributed by atoms with Crippen LogP contribution in [0.3, 0.4) is 0 Å². The van der Waals surface area contributed by atoms with Crippen molar-refractivity contribution in [3.05, 3.63) is 16.7 Å². The second-order valence-corrected chi connectivity index (χ2v) is 3.23. The van der Waals surface area contributed by atoms with E-state index in [0.717, 1.165) is 0 Å². The van der Waals surface area contributed by atoms with Crippen LogP contribution in [0.15, 0.2) is 16.0 Å². The lowest BCUT2D eigenvalue weighted by molar-refractivity contribution is -0.136. The molecule has 0 amide bonds. The standard InChI is InChI=1S/C6H7N3O3S/c10-5(11)1-2-13-4-3-7-9-6(12)8-4/h3H,1-2H2,(H,10,11)(H,8,9,12). The van der Waals surface area contributed by atoms with Crippen molar-refractivity contribution in [2.75, 3.05) is 5.75 Å². The van der Waals surface area contributed by atoms with E-state index in [1.165, 1.54) is 18.0 Å². The summed E-state index contributed by atoms with van der Waals surface area (Å²) in [5.74, 6) is -0.488. The summed E-state index contributed by atoms with van der Waals surface area (Å²) >= 11 is 1.19. The van der Waals surface area contributed by atoms with E-state index in [4.69, 9.17) is 5.11 Å². The maximum atomic E-state index is 10.6. The summed E-state index contributed by atoms with van der Waals surface area (Å²) in [6.45, 7) is 0. The average molecular weight is 201 g/mol. The zero-order valence-electron chi connectivity index (χ0n) is 6.56. The lowest BCUT2D eigenvalue weighted by atomic mass is 10.5. The molecule has 0 radical (unpaired) electrons. The number of carboxylic acid groups (broad SMARTS) is 1. The third kappa shape index (κ3) is 3.70. The molecule has 2 N–H and O–H groups in total. The minimum Gasteiger partial charge on any atom is -0.481 e. The Labute approximate surface area is 77.4 Å². The van der Waals surface area contributed by atoms with Crippen LogP contribution in [0.5, 0.6) is 0 Å². The van der Waals surface area contributed by atoms with Crippen molar-refractivity contribution in [3.8, 4) is 0 Å². The van der Waals surface area contributed by atoms with Crippen LogP contribution in [0, 0.1) is 0 Å². The zero-order valence-corrected chi connectivity index (χ0v) is 7.37. The third-order valence-corrected chi connectivity index (χ3v) is 2.01. The number of nitrogens with one attached hydrogen (secondary N) is 1. The topological polar surface area (TPSA) is 95.9 Å². The van der Waals surface area contributed by atoms with Gasteiger partial charge in [-0.05, 0) is 0 Å². The fourth-order valence-electron chi connectivity index (χ4n) is 0.609. The number of nitrogens with zero attached hydrogens (tertiary/aromatic N) is 2. The predicted octanol–water partition coefficient (Wildman–Crippen LogP) is -0.268. The molecule has 0 aliphatic heterocycles. The average Bonchev–Trinajstić information content (AvgIpc) is 2.03. The Balaban J connectivity index is 2.45. The van der Waals surface area contributed by atoms with Crippen LogP contribution in [0.2, 0.25) is 0 Å². The lowest BCUT2D eigenvalue weighted by Gasteiger charge is -1.95. The molecular weight excluding hydrogens is 194 g/mol. The van der Waals surface area contributed by atoms with Crippen LogP contribution in [0.1, 0.15) is 6.42 Å². The number of thioether (sulfide) groups is 1. The van der Waals surface area contributed by atoms with Crippen molar-refractivity contribution in [2.24, 2.45) is 0 Å². The number of hydrogen-bond donors (Lipinski definition) is 2. The molecular formula is C6H7N3O3S. The third-order valence-electron chi connectivity index (χ3n) is 1.11. The van der Waals surface area contributed by atoms with Gasteiger partial charge in [0.2, 0.25) is 0 Å². The number of carbonyl (C=O) groups is 1. The summed E-state index contributed by atoms with van der Waals surface area (Å²) in [5.41, 5.74) is -0.527. The smallest absolute Gasteiger partial charge is 0.362 e. The summed E-state index contributed by atoms with van der Waals surface area (Å²) in [5, 5.41) is 14.4. The highest BCUT2D eigenvalue weighted by Crippen LogP contribution is 2.12. The molecule has 0 saturated heterocycles. The molecule has 6 nitrogen and oxygen atoms in total. The Hall–Kier alpha value is -1.37. The first kappa shape index (κ1) is 9.72. The molecule has 1 rings (SSSR count). The fraction of sp³-hybridized carbons (Fsp3) is 0.333. The number of hydrogen-bond acceptors (Lipinski definition) is 5. The molecule has 7 heteroatoms. The first-order chi connectivity index (χ1) is 6.18. The van der Waals surface area contributed by atoms with Crippen molar-refractivity contribution >= 4 is 17.7 Å². The van der Waals surface area contributed by atoms with Crippen LogP contribution in [0.25, 0.3) is 0 Å². The summed E-state index contributed by atoms with van der Waals surface area (Å²) in [6.07, 6.45) is 1.42. The van der Waals surface area contributed by atoms with Crippen LogP contribution in [-0.2, 0) is 4.79 Å². The Kier molecular flexibility index (Phi) is 3.44. The molecule has 0 aliphatic carbocycles. The van der Waals surface area contributed by atoms with E-state index >= 15 is 0 Å². The fourth-order valence-corrected chi connectivity index (χ4v) is 1.37. The normalized spacial score (nSPS) is 9.85. The van der Waals surface area contributed by atoms with E-state index in [0.29, 0.717) is 10.8 Å². The minimum atomic E-state index is -0.870. The highest BCUT2D eigenvalue weighted by molar-refractivity contribution is 7.99. The molecule has 0 aromatic carbocycles. The van der Waals surface area contributed by atoms with Gasteiger partial charge in [0, 0.05) is 5.75 Å². The molecule has 13 heavy (non-hydrogen) atoms. The number of aromatic nitrogens is 3. The number of H-pyrrole nitrogens is 1. The molecule has 1 aromatic heterocycles. The summed E-state index contributed by atoms with van der Waals surface area (Å²) in [6, 6.07) is 0. The maximum Gasteiger partial charge on any atom is 0.362 e. The van der Waals surface area contributed by atoms with Crippen molar-refractivity contribution in [1.82, 2.24) is 15.2 Å². The molecule has 0 spiro atoms. The van der Waals surface area contributed by atoms with Crippen molar-refractivity contribution < 1.29 is 9.90 Å². The number of aliphatic carboxylic acids is 1. The first-order valence-electron chi connectivity index (χ1n) is 3.45. The van der Waals surface area contributed by atoms with Gasteiger partial charge in [-0.3, -0.25) is 4.79 Å². The van der Waals surface area contributed by atoms with Gasteiger partial charge in [0.1, 0.15) is 5.03 Å². The summed E-state index contributed by atoms with van der Waals surface area (Å²) in [7, 11) is 0. The van der Waals surface area contributed by atoms with Gasteiger partial charge in [-0.1, -0.05) is 0 Å². The van der Waals surface area contributed by atoms with Crippen LogP contribution in [0.4, 0.5) is 0 Å². The molecule has 0 atom stereocenters. The number of carboxylic acids is 1. The predicted molar refractivity (Wildman–Crippen MR) is 45.6 cm³/mol. The molecule has 0 fully saturated rings. The summed E-state index contributed by atoms with van der Waals surface area (Å²) < 4.78 is 0. The highest BCUT2D eigenvalue weighted by atomic mass is 32.2. The Morgan fingerprint density at radius 1 is 1.69 bits per heavy atom. The van der Waals surface area contributed by atoms with Crippen LogP contribution in [-0.4, -0.2) is 32.0 Å². The molecule has 0 bridgehead atoms. The second kappa shape index (κ2) is 4.61. The van der Waals surface area contributed by atoms with Crippen LogP contribution >= 0.6 is 11.8 Å². The SMILES string of the molecule is O=C(O)CCSc1cn[nH]c(=O)n1. The van der Waals surface area contributed by atoms with Gasteiger partial charge in [0.15, 0.2) is 0 Å². The van der Waals surface area contributed by atoms with E-state index < -0.39 is 11.7 Å². The van der Waals surface area contributed by atoms with E-state index in [-0.39, 0.29) is 6.42 Å². The highest BCUT2D eigenvalue weighted by Gasteiger charge is 2.00. The molecule has 0 aliphatic rings. The van der Waals surface area contributed by atoms with Crippen molar-refractivity contribution in [2.45, 2.75) is 11.4 Å². The van der Waals surface area contributed by atoms with Gasteiger partial charge in [0.25, 0.3) is 0 Å². The quantitative estimate of drug-likeness (QED) is 0.651. The van der Waals surface area contributed by atoms with E-state index in [9.17, 15) is 9.59 Å². The molecule has 1 aromatic rings. The van der Waals surface area contributed by atoms with Gasteiger partial charge >= 0.3 is 11.7 Å². The molecule has 1 heterocycles. The van der Waals surface area contributed by atoms with Gasteiger partial charge in [-0.2, -0.15) is 10.1 Å². The lowest BCUT2D eigenvalue weighted by Crippen LogP contribution is -2.11. The summed E-state index contributed by atoms with van der Waals surface area (Å²) in [4.78, 5) is 24.3.